The summed E-state index contributed by atoms with van der Waals surface area (Å²) < 4.78 is 14.8. The molecule has 0 atom stereocenters. The fraction of sp³-hybridized carbons (Fsp3) is 0.381. The Morgan fingerprint density at radius 3 is 2.59 bits per heavy atom. The molecular formula is C21H24FN3O2S2. The van der Waals surface area contributed by atoms with Crippen molar-refractivity contribution < 1.29 is 9.18 Å². The number of rotatable bonds is 8. The van der Waals surface area contributed by atoms with Gasteiger partial charge in [-0.2, -0.15) is 4.98 Å². The van der Waals surface area contributed by atoms with Gasteiger partial charge in [0.05, 0.1) is 10.9 Å². The molecule has 3 rings (SSSR count). The Morgan fingerprint density at radius 2 is 1.90 bits per heavy atom. The Labute approximate surface area is 177 Å². The monoisotopic (exact) mass is 433 g/mol. The van der Waals surface area contributed by atoms with E-state index >= 15 is 0 Å². The fourth-order valence-electron chi connectivity index (χ4n) is 2.93. The first-order valence-corrected chi connectivity index (χ1v) is 11.3. The summed E-state index contributed by atoms with van der Waals surface area (Å²) in [6.07, 6.45) is 2.30. The molecule has 0 unspecified atom stereocenters. The Morgan fingerprint density at radius 1 is 1.17 bits per heavy atom. The van der Waals surface area contributed by atoms with E-state index in [-0.39, 0.29) is 18.4 Å². The molecule has 0 bridgehead atoms. The molecule has 0 saturated carbocycles. The molecule has 2 aliphatic rings. The van der Waals surface area contributed by atoms with Crippen LogP contribution in [0, 0.1) is 20.8 Å². The van der Waals surface area contributed by atoms with E-state index in [1.54, 1.807) is 39.8 Å². The first-order chi connectivity index (χ1) is 13.9. The van der Waals surface area contributed by atoms with Crippen molar-refractivity contribution in [2.45, 2.75) is 44.2 Å². The lowest BCUT2D eigenvalue weighted by atomic mass is 10.1. The number of benzene rings is 1. The summed E-state index contributed by atoms with van der Waals surface area (Å²) in [5.41, 5.74) is 2.64. The van der Waals surface area contributed by atoms with Gasteiger partial charge < -0.3 is 5.32 Å². The van der Waals surface area contributed by atoms with Gasteiger partial charge in [-0.25, -0.2) is 4.79 Å². The predicted molar refractivity (Wildman–Crippen MR) is 118 cm³/mol. The largest absolute Gasteiger partial charge is 0.354 e. The molecule has 8 heteroatoms. The number of fused-ring (bicyclic) bond motifs is 1. The molecule has 0 aromatic heterocycles. The van der Waals surface area contributed by atoms with E-state index in [1.165, 1.54) is 0 Å². The molecule has 0 saturated heterocycles. The van der Waals surface area contributed by atoms with Crippen molar-refractivity contribution in [2.75, 3.05) is 17.7 Å². The van der Waals surface area contributed by atoms with Gasteiger partial charge in [-0.05, 0) is 51.5 Å². The normalized spacial score (nSPS) is 11.2. The number of unbranched alkanes of at least 4 members (excludes halogenated alkanes) is 2. The van der Waals surface area contributed by atoms with Gasteiger partial charge >= 0.3 is 5.69 Å². The van der Waals surface area contributed by atoms with E-state index < -0.39 is 5.69 Å². The molecular weight excluding hydrogens is 409 g/mol. The lowest BCUT2D eigenvalue weighted by molar-refractivity contribution is 0.102. The zero-order valence-corrected chi connectivity index (χ0v) is 18.4. The molecule has 0 fully saturated rings. The molecule has 1 N–H and O–H groups in total. The van der Waals surface area contributed by atoms with Gasteiger partial charge in [0, 0.05) is 16.1 Å². The zero-order valence-electron chi connectivity index (χ0n) is 16.8. The number of hydrogen-bond donors (Lipinski definition) is 1. The number of nitrogens with zero attached hydrogens (tertiary/aromatic N) is 2. The van der Waals surface area contributed by atoms with E-state index in [4.69, 9.17) is 0 Å². The van der Waals surface area contributed by atoms with Crippen molar-refractivity contribution in [1.82, 2.24) is 9.55 Å². The average Bonchev–Trinajstić information content (AvgIpc) is 3.02. The first-order valence-electron chi connectivity index (χ1n) is 9.52. The number of aromatic nitrogens is 2. The summed E-state index contributed by atoms with van der Waals surface area (Å²) in [6, 6.07) is 7.24. The van der Waals surface area contributed by atoms with Gasteiger partial charge in [0.15, 0.2) is 5.82 Å². The standard InChI is InChI=1S/C21H24FN3O2S2/c1-13-7-9-16(10-8-13)19(26)23-18-17-20(28-12-6-4-5-11-22)29-15(3)14(2)25(17)21(27)24-18/h7-10H,4-6,11-12H2,1-3H3,(H,23,24,26,27). The lowest BCUT2D eigenvalue weighted by Crippen LogP contribution is -2.17. The van der Waals surface area contributed by atoms with Crippen molar-refractivity contribution in [3.8, 4) is 5.69 Å². The van der Waals surface area contributed by atoms with Crippen LogP contribution < -0.4 is 11.0 Å². The van der Waals surface area contributed by atoms with Crippen molar-refractivity contribution in [2.24, 2.45) is 0 Å². The minimum atomic E-state index is -0.396. The number of amides is 1. The molecule has 1 aromatic rings. The van der Waals surface area contributed by atoms with Crippen molar-refractivity contribution in [1.29, 1.82) is 0 Å². The molecule has 1 amide bonds. The Balaban J connectivity index is 1.91. The molecule has 0 radical (unpaired) electrons. The van der Waals surface area contributed by atoms with Crippen LogP contribution in [0.4, 0.5) is 10.2 Å². The highest BCUT2D eigenvalue weighted by molar-refractivity contribution is 8.01. The van der Waals surface area contributed by atoms with Gasteiger partial charge in [-0.1, -0.05) is 24.1 Å². The zero-order chi connectivity index (χ0) is 21.0. The maximum absolute atomic E-state index is 12.7. The van der Waals surface area contributed by atoms with Crippen LogP contribution in [0.1, 0.15) is 45.8 Å². The number of hydrogen-bond acceptors (Lipinski definition) is 5. The first kappa shape index (κ1) is 21.5. The molecule has 2 aliphatic heterocycles. The van der Waals surface area contributed by atoms with Gasteiger partial charge in [-0.15, -0.1) is 23.1 Å². The van der Waals surface area contributed by atoms with Crippen molar-refractivity contribution >= 4 is 34.8 Å². The highest BCUT2D eigenvalue weighted by Gasteiger charge is 2.24. The van der Waals surface area contributed by atoms with Gasteiger partial charge in [0.25, 0.3) is 5.91 Å². The van der Waals surface area contributed by atoms with Crippen LogP contribution in [0.15, 0.2) is 33.3 Å². The highest BCUT2D eigenvalue weighted by atomic mass is 32.2. The second kappa shape index (κ2) is 9.54. The van der Waals surface area contributed by atoms with Crippen molar-refractivity contribution in [3.63, 3.8) is 0 Å². The van der Waals surface area contributed by atoms with Gasteiger partial charge in [0.1, 0.15) is 5.69 Å². The number of aryl methyl sites for hydroxylation is 2. The molecule has 0 spiro atoms. The Hall–Kier alpha value is -2.19. The molecule has 29 heavy (non-hydrogen) atoms. The summed E-state index contributed by atoms with van der Waals surface area (Å²) in [5, 5.41) is 2.81. The summed E-state index contributed by atoms with van der Waals surface area (Å²) in [5.74, 6) is 0.803. The van der Waals surface area contributed by atoms with Crippen LogP contribution in [-0.2, 0) is 0 Å². The van der Waals surface area contributed by atoms with Crippen LogP contribution in [0.5, 0.6) is 0 Å². The number of carbonyl (C=O) groups excluding carboxylic acids is 1. The van der Waals surface area contributed by atoms with E-state index in [0.717, 1.165) is 38.9 Å². The number of anilines is 1. The van der Waals surface area contributed by atoms with E-state index in [1.807, 2.05) is 32.9 Å². The van der Waals surface area contributed by atoms with E-state index in [0.29, 0.717) is 17.7 Å². The molecule has 154 valence electrons. The fourth-order valence-corrected chi connectivity index (χ4v) is 5.45. The number of imidazole rings is 1. The number of thioether (sulfide) groups is 1. The van der Waals surface area contributed by atoms with Crippen LogP contribution in [-0.4, -0.2) is 27.9 Å². The SMILES string of the molecule is Cc1ccc(C(=O)Nc2nc(=O)n3c(C)c(C)sc(SCCCCCF)c2-3)cc1. The molecule has 1 aromatic carbocycles. The summed E-state index contributed by atoms with van der Waals surface area (Å²) >= 11 is 3.21. The molecule has 2 heterocycles. The average molecular weight is 434 g/mol. The molecule has 0 aliphatic carbocycles. The second-order valence-corrected chi connectivity index (χ2v) is 9.46. The van der Waals surface area contributed by atoms with Crippen LogP contribution in [0.25, 0.3) is 5.69 Å². The number of halogens is 1. The highest BCUT2D eigenvalue weighted by Crippen LogP contribution is 2.38. The summed E-state index contributed by atoms with van der Waals surface area (Å²) in [7, 11) is 0. The quantitative estimate of drug-likeness (QED) is 0.395. The second-order valence-electron chi connectivity index (χ2n) is 6.88. The molecule has 5 nitrogen and oxygen atoms in total. The Bertz CT molecular complexity index is 1030. The van der Waals surface area contributed by atoms with Gasteiger partial charge in [0.2, 0.25) is 0 Å². The van der Waals surface area contributed by atoms with Crippen LogP contribution >= 0.6 is 23.1 Å². The minimum Gasteiger partial charge on any atom is -0.305 e. The third-order valence-electron chi connectivity index (χ3n) is 4.69. The third kappa shape index (κ3) is 4.87. The predicted octanol–water partition coefficient (Wildman–Crippen LogP) is 5.14. The van der Waals surface area contributed by atoms with E-state index in [9.17, 15) is 14.0 Å². The van der Waals surface area contributed by atoms with Crippen LogP contribution in [0.2, 0.25) is 0 Å². The topological polar surface area (TPSA) is 64.0 Å². The maximum atomic E-state index is 12.7. The third-order valence-corrected chi connectivity index (χ3v) is 7.22. The lowest BCUT2D eigenvalue weighted by Gasteiger charge is -2.15. The minimum absolute atomic E-state index is 0.284. The summed E-state index contributed by atoms with van der Waals surface area (Å²) in [4.78, 5) is 30.4. The number of alkyl halides is 1. The van der Waals surface area contributed by atoms with Crippen LogP contribution in [0.3, 0.4) is 0 Å². The maximum Gasteiger partial charge on any atom is 0.354 e. The number of nitrogens with one attached hydrogen (secondary N) is 1. The van der Waals surface area contributed by atoms with Crippen molar-refractivity contribution in [3.05, 3.63) is 56.4 Å². The van der Waals surface area contributed by atoms with Gasteiger partial charge in [-0.3, -0.25) is 13.8 Å². The smallest absolute Gasteiger partial charge is 0.305 e. The Kier molecular flexibility index (Phi) is 7.08. The number of carbonyl (C=O) groups is 1. The summed E-state index contributed by atoms with van der Waals surface area (Å²) in [6.45, 7) is 5.51. The van der Waals surface area contributed by atoms with E-state index in [2.05, 4.69) is 10.3 Å².